The number of amides is 1. The Kier molecular flexibility index (Phi) is 5.11. The lowest BCUT2D eigenvalue weighted by Crippen LogP contribution is -2.43. The van der Waals surface area contributed by atoms with Gasteiger partial charge in [0.1, 0.15) is 5.56 Å². The highest BCUT2D eigenvalue weighted by Gasteiger charge is 2.28. The first-order valence-corrected chi connectivity index (χ1v) is 9.86. The topological polar surface area (TPSA) is 83.0 Å². The zero-order valence-corrected chi connectivity index (χ0v) is 15.8. The maximum Gasteiger partial charge on any atom is 0.263 e. The molecular weight excluding hydrogens is 342 g/mol. The van der Waals surface area contributed by atoms with Gasteiger partial charge in [0, 0.05) is 43.1 Å². The first-order chi connectivity index (χ1) is 13.1. The van der Waals surface area contributed by atoms with E-state index in [9.17, 15) is 9.59 Å². The van der Waals surface area contributed by atoms with Crippen LogP contribution in [0.1, 0.15) is 59.3 Å². The fourth-order valence-corrected chi connectivity index (χ4v) is 4.32. The molecule has 27 heavy (non-hydrogen) atoms. The number of piperidine rings is 2. The summed E-state index contributed by atoms with van der Waals surface area (Å²) in [4.78, 5) is 28.1. The van der Waals surface area contributed by atoms with Gasteiger partial charge in [-0.15, -0.1) is 0 Å². The molecule has 2 aromatic heterocycles. The highest BCUT2D eigenvalue weighted by atomic mass is 16.2. The number of likely N-dealkylation sites (tertiary alicyclic amines) is 1. The molecule has 2 saturated heterocycles. The summed E-state index contributed by atoms with van der Waals surface area (Å²) in [6, 6.07) is 4.09. The lowest BCUT2D eigenvalue weighted by atomic mass is 9.93. The second-order valence-corrected chi connectivity index (χ2v) is 7.65. The van der Waals surface area contributed by atoms with E-state index in [0.29, 0.717) is 24.6 Å². The molecule has 4 heterocycles. The number of pyridine rings is 1. The Labute approximate surface area is 158 Å². The van der Waals surface area contributed by atoms with Crippen molar-refractivity contribution in [2.24, 2.45) is 0 Å². The molecule has 0 atom stereocenters. The molecule has 0 aliphatic carbocycles. The molecule has 0 saturated carbocycles. The Morgan fingerprint density at radius 2 is 1.89 bits per heavy atom. The number of rotatable bonds is 3. The summed E-state index contributed by atoms with van der Waals surface area (Å²) in [5.74, 6) is 0.281. The van der Waals surface area contributed by atoms with Crippen LogP contribution in [-0.4, -0.2) is 51.8 Å². The van der Waals surface area contributed by atoms with Crippen LogP contribution in [0.5, 0.6) is 0 Å². The lowest BCUT2D eigenvalue weighted by molar-refractivity contribution is 0.0708. The van der Waals surface area contributed by atoms with Gasteiger partial charge in [-0.25, -0.2) is 0 Å². The van der Waals surface area contributed by atoms with Gasteiger partial charge < -0.3 is 14.8 Å². The zero-order valence-electron chi connectivity index (χ0n) is 15.8. The van der Waals surface area contributed by atoms with E-state index >= 15 is 0 Å². The predicted octanol–water partition coefficient (Wildman–Crippen LogP) is 1.82. The van der Waals surface area contributed by atoms with Crippen LogP contribution >= 0.6 is 0 Å². The fraction of sp³-hybridized carbons (Fsp3) is 0.550. The number of hydrogen-bond donors (Lipinski definition) is 2. The summed E-state index contributed by atoms with van der Waals surface area (Å²) in [5, 5.41) is 10.4. The summed E-state index contributed by atoms with van der Waals surface area (Å²) in [6.45, 7) is 5.02. The average molecular weight is 369 g/mol. The third kappa shape index (κ3) is 3.56. The number of carbonyl (C=O) groups is 1. The Bertz CT molecular complexity index is 844. The third-order valence-corrected chi connectivity index (χ3v) is 5.99. The molecule has 2 aliphatic heterocycles. The van der Waals surface area contributed by atoms with Gasteiger partial charge in [-0.05, 0) is 63.4 Å². The molecule has 4 rings (SSSR count). The second-order valence-electron chi connectivity index (χ2n) is 7.65. The SMILES string of the molecule is Cc1ccn(C2CCNCC2)c(=O)c1C(=O)N1CCC(c2ccn[nH]2)CC1. The van der Waals surface area contributed by atoms with Crippen molar-refractivity contribution >= 4 is 5.91 Å². The highest BCUT2D eigenvalue weighted by Crippen LogP contribution is 2.27. The average Bonchev–Trinajstić information content (AvgIpc) is 3.24. The van der Waals surface area contributed by atoms with E-state index in [-0.39, 0.29) is 17.5 Å². The monoisotopic (exact) mass is 369 g/mol. The van der Waals surface area contributed by atoms with E-state index in [0.717, 1.165) is 50.0 Å². The minimum Gasteiger partial charge on any atom is -0.338 e. The third-order valence-electron chi connectivity index (χ3n) is 5.99. The normalized spacial score (nSPS) is 19.4. The van der Waals surface area contributed by atoms with Crippen LogP contribution in [0, 0.1) is 6.92 Å². The van der Waals surface area contributed by atoms with Crippen LogP contribution < -0.4 is 10.9 Å². The number of aryl methyl sites for hydroxylation is 1. The van der Waals surface area contributed by atoms with Gasteiger partial charge in [-0.1, -0.05) is 0 Å². The molecule has 0 spiro atoms. The molecule has 2 fully saturated rings. The highest BCUT2D eigenvalue weighted by molar-refractivity contribution is 5.95. The molecule has 7 nitrogen and oxygen atoms in total. The van der Waals surface area contributed by atoms with Gasteiger partial charge >= 0.3 is 0 Å². The number of aromatic nitrogens is 3. The van der Waals surface area contributed by atoms with Gasteiger partial charge in [0.25, 0.3) is 11.5 Å². The van der Waals surface area contributed by atoms with Crippen molar-refractivity contribution in [3.05, 3.63) is 51.7 Å². The number of nitrogens with zero attached hydrogens (tertiary/aromatic N) is 3. The molecule has 0 unspecified atom stereocenters. The molecule has 0 aromatic carbocycles. The minimum absolute atomic E-state index is 0.121. The van der Waals surface area contributed by atoms with E-state index in [2.05, 4.69) is 15.5 Å². The number of aromatic amines is 1. The largest absolute Gasteiger partial charge is 0.338 e. The maximum atomic E-state index is 13.1. The minimum atomic E-state index is -0.136. The molecule has 2 N–H and O–H groups in total. The smallest absolute Gasteiger partial charge is 0.263 e. The van der Waals surface area contributed by atoms with Crippen molar-refractivity contribution in [1.82, 2.24) is 25.0 Å². The quantitative estimate of drug-likeness (QED) is 0.865. The molecule has 2 aliphatic rings. The van der Waals surface area contributed by atoms with Crippen LogP contribution in [0.15, 0.2) is 29.3 Å². The van der Waals surface area contributed by atoms with E-state index in [1.807, 2.05) is 30.2 Å². The number of hydrogen-bond acceptors (Lipinski definition) is 4. The van der Waals surface area contributed by atoms with Crippen molar-refractivity contribution in [3.8, 4) is 0 Å². The standard InChI is InChI=1S/C20H27N5O2/c1-14-5-13-25(16-2-8-21-9-3-16)20(27)18(14)19(26)24-11-6-15(7-12-24)17-4-10-22-23-17/h4-5,10,13,15-16,21H,2-3,6-9,11-12H2,1H3,(H,22,23). The van der Waals surface area contributed by atoms with E-state index < -0.39 is 0 Å². The predicted molar refractivity (Wildman–Crippen MR) is 103 cm³/mol. The van der Waals surface area contributed by atoms with Crippen LogP contribution in [-0.2, 0) is 0 Å². The number of nitrogens with one attached hydrogen (secondary N) is 2. The zero-order chi connectivity index (χ0) is 18.8. The number of carbonyl (C=O) groups excluding carboxylic acids is 1. The van der Waals surface area contributed by atoms with Crippen molar-refractivity contribution < 1.29 is 4.79 Å². The second kappa shape index (κ2) is 7.68. The van der Waals surface area contributed by atoms with Crippen LogP contribution in [0.2, 0.25) is 0 Å². The van der Waals surface area contributed by atoms with E-state index in [1.54, 1.807) is 10.8 Å². The Balaban J connectivity index is 1.52. The van der Waals surface area contributed by atoms with Gasteiger partial charge in [-0.3, -0.25) is 14.7 Å². The van der Waals surface area contributed by atoms with Crippen molar-refractivity contribution in [2.45, 2.75) is 44.6 Å². The Morgan fingerprint density at radius 1 is 1.15 bits per heavy atom. The van der Waals surface area contributed by atoms with Crippen molar-refractivity contribution in [3.63, 3.8) is 0 Å². The summed E-state index contributed by atoms with van der Waals surface area (Å²) < 4.78 is 1.78. The first-order valence-electron chi connectivity index (χ1n) is 9.86. The van der Waals surface area contributed by atoms with Crippen LogP contribution in [0.3, 0.4) is 0 Å². The molecule has 0 bridgehead atoms. The van der Waals surface area contributed by atoms with Gasteiger partial charge in [-0.2, -0.15) is 5.10 Å². The Hall–Kier alpha value is -2.41. The molecule has 1 amide bonds. The number of H-pyrrole nitrogens is 1. The Morgan fingerprint density at radius 3 is 2.56 bits per heavy atom. The van der Waals surface area contributed by atoms with Crippen LogP contribution in [0.4, 0.5) is 0 Å². The van der Waals surface area contributed by atoms with Crippen molar-refractivity contribution in [2.75, 3.05) is 26.2 Å². The molecule has 144 valence electrons. The summed E-state index contributed by atoms with van der Waals surface area (Å²) in [5.41, 5.74) is 2.11. The summed E-state index contributed by atoms with van der Waals surface area (Å²) in [6.07, 6.45) is 7.25. The molecule has 7 heteroatoms. The molecule has 2 aromatic rings. The molecular formula is C20H27N5O2. The van der Waals surface area contributed by atoms with E-state index in [1.165, 1.54) is 0 Å². The van der Waals surface area contributed by atoms with E-state index in [4.69, 9.17) is 0 Å². The first kappa shape index (κ1) is 18.0. The van der Waals surface area contributed by atoms with Crippen LogP contribution in [0.25, 0.3) is 0 Å². The fourth-order valence-electron chi connectivity index (χ4n) is 4.32. The molecule has 0 radical (unpaired) electrons. The maximum absolute atomic E-state index is 13.1. The van der Waals surface area contributed by atoms with Gasteiger partial charge in [0.2, 0.25) is 0 Å². The summed E-state index contributed by atoms with van der Waals surface area (Å²) >= 11 is 0. The van der Waals surface area contributed by atoms with Gasteiger partial charge in [0.05, 0.1) is 0 Å². The van der Waals surface area contributed by atoms with Crippen molar-refractivity contribution in [1.29, 1.82) is 0 Å². The summed E-state index contributed by atoms with van der Waals surface area (Å²) in [7, 11) is 0. The van der Waals surface area contributed by atoms with Gasteiger partial charge in [0.15, 0.2) is 0 Å². The lowest BCUT2D eigenvalue weighted by Gasteiger charge is -2.32.